The Kier molecular flexibility index (Phi) is 3.00. The highest BCUT2D eigenvalue weighted by Gasteiger charge is 2.22. The van der Waals surface area contributed by atoms with Gasteiger partial charge >= 0.3 is 0 Å². The van der Waals surface area contributed by atoms with Crippen molar-refractivity contribution in [3.8, 4) is 0 Å². The third-order valence-electron chi connectivity index (χ3n) is 2.62. The highest BCUT2D eigenvalue weighted by atomic mass is 32.1. The minimum Gasteiger partial charge on any atom is -0.382 e. The van der Waals surface area contributed by atoms with Gasteiger partial charge in [0.15, 0.2) is 5.13 Å². The number of amides is 1. The van der Waals surface area contributed by atoms with E-state index in [1.165, 1.54) is 29.1 Å². The second-order valence-electron chi connectivity index (χ2n) is 4.10. The molecule has 16 heavy (non-hydrogen) atoms. The Balaban J connectivity index is 2.24. The van der Waals surface area contributed by atoms with Gasteiger partial charge < -0.3 is 15.5 Å². The van der Waals surface area contributed by atoms with Crippen LogP contribution in [0.3, 0.4) is 0 Å². The number of nitrogen functional groups attached to an aromatic ring is 1. The first-order chi connectivity index (χ1) is 7.59. The van der Waals surface area contributed by atoms with Crippen molar-refractivity contribution in [1.29, 1.82) is 0 Å². The fraction of sp³-hybridized carbons (Fsp3) is 0.600. The van der Waals surface area contributed by atoms with Crippen LogP contribution in [0.2, 0.25) is 0 Å². The van der Waals surface area contributed by atoms with Crippen LogP contribution in [-0.2, 0) is 0 Å². The molecule has 0 atom stereocenters. The van der Waals surface area contributed by atoms with Crippen molar-refractivity contribution in [2.24, 2.45) is 0 Å². The van der Waals surface area contributed by atoms with Crippen LogP contribution in [-0.4, -0.2) is 43.0 Å². The van der Waals surface area contributed by atoms with Gasteiger partial charge in [-0.15, -0.1) is 0 Å². The number of thiazole rings is 1. The lowest BCUT2D eigenvalue weighted by atomic mass is 10.4. The molecule has 1 fully saturated rings. The Bertz CT molecular complexity index is 396. The molecule has 1 aliphatic rings. The first-order valence-electron chi connectivity index (χ1n) is 5.32. The number of aromatic nitrogens is 1. The smallest absolute Gasteiger partial charge is 0.267 e. The molecule has 88 valence electrons. The van der Waals surface area contributed by atoms with Gasteiger partial charge in [-0.05, 0) is 12.8 Å². The van der Waals surface area contributed by atoms with Crippen molar-refractivity contribution in [3.05, 3.63) is 4.88 Å². The Morgan fingerprint density at radius 1 is 1.44 bits per heavy atom. The SMILES string of the molecule is CN(C)C(=O)c1sc(N2CCCC2)nc1N. The topological polar surface area (TPSA) is 62.5 Å². The van der Waals surface area contributed by atoms with Crippen molar-refractivity contribution in [2.75, 3.05) is 37.8 Å². The van der Waals surface area contributed by atoms with Gasteiger partial charge in [-0.1, -0.05) is 11.3 Å². The first-order valence-corrected chi connectivity index (χ1v) is 6.14. The Morgan fingerprint density at radius 2 is 2.06 bits per heavy atom. The summed E-state index contributed by atoms with van der Waals surface area (Å²) in [5.41, 5.74) is 5.77. The van der Waals surface area contributed by atoms with Crippen LogP contribution in [0.1, 0.15) is 22.5 Å². The lowest BCUT2D eigenvalue weighted by Crippen LogP contribution is -2.21. The van der Waals surface area contributed by atoms with Gasteiger partial charge in [0.25, 0.3) is 5.91 Å². The van der Waals surface area contributed by atoms with E-state index in [4.69, 9.17) is 5.73 Å². The maximum atomic E-state index is 11.8. The summed E-state index contributed by atoms with van der Waals surface area (Å²) in [4.78, 5) is 20.3. The molecule has 0 radical (unpaired) electrons. The number of carbonyl (C=O) groups excluding carboxylic acids is 1. The van der Waals surface area contributed by atoms with Crippen LogP contribution in [0.15, 0.2) is 0 Å². The molecule has 0 aliphatic carbocycles. The van der Waals surface area contributed by atoms with Crippen LogP contribution in [0.4, 0.5) is 10.9 Å². The number of hydrogen-bond donors (Lipinski definition) is 1. The lowest BCUT2D eigenvalue weighted by molar-refractivity contribution is 0.0833. The van der Waals surface area contributed by atoms with Crippen LogP contribution in [0.25, 0.3) is 0 Å². The molecule has 0 aromatic carbocycles. The molecular formula is C10H16N4OS. The second-order valence-corrected chi connectivity index (χ2v) is 5.08. The molecule has 2 rings (SSSR count). The summed E-state index contributed by atoms with van der Waals surface area (Å²) in [6.07, 6.45) is 2.38. The van der Waals surface area contributed by atoms with Gasteiger partial charge in [-0.2, -0.15) is 0 Å². The summed E-state index contributed by atoms with van der Waals surface area (Å²) in [7, 11) is 3.44. The van der Waals surface area contributed by atoms with Crippen molar-refractivity contribution >= 4 is 28.2 Å². The predicted octanol–water partition coefficient (Wildman–Crippen LogP) is 1.03. The molecule has 0 saturated carbocycles. The van der Waals surface area contributed by atoms with Crippen molar-refractivity contribution in [3.63, 3.8) is 0 Å². The van der Waals surface area contributed by atoms with E-state index in [0.717, 1.165) is 18.2 Å². The van der Waals surface area contributed by atoms with Crippen LogP contribution in [0, 0.1) is 0 Å². The van der Waals surface area contributed by atoms with Gasteiger partial charge in [-0.3, -0.25) is 4.79 Å². The Labute approximate surface area is 98.9 Å². The quantitative estimate of drug-likeness (QED) is 0.838. The van der Waals surface area contributed by atoms with E-state index in [0.29, 0.717) is 10.7 Å². The Hall–Kier alpha value is -1.30. The second kappa shape index (κ2) is 4.29. The minimum absolute atomic E-state index is 0.0690. The van der Waals surface area contributed by atoms with E-state index in [-0.39, 0.29) is 5.91 Å². The van der Waals surface area contributed by atoms with Gasteiger partial charge in [0, 0.05) is 27.2 Å². The van der Waals surface area contributed by atoms with Gasteiger partial charge in [0.2, 0.25) is 0 Å². The summed E-state index contributed by atoms with van der Waals surface area (Å²) in [5.74, 6) is 0.283. The zero-order valence-electron chi connectivity index (χ0n) is 9.56. The molecule has 0 spiro atoms. The zero-order valence-corrected chi connectivity index (χ0v) is 10.4. The van der Waals surface area contributed by atoms with E-state index in [1.54, 1.807) is 14.1 Å². The Morgan fingerprint density at radius 3 is 2.62 bits per heavy atom. The molecule has 2 N–H and O–H groups in total. The number of rotatable bonds is 2. The van der Waals surface area contributed by atoms with E-state index in [1.807, 2.05) is 0 Å². The average molecular weight is 240 g/mol. The zero-order chi connectivity index (χ0) is 11.7. The number of hydrogen-bond acceptors (Lipinski definition) is 5. The molecule has 2 heterocycles. The van der Waals surface area contributed by atoms with Crippen LogP contribution in [0.5, 0.6) is 0 Å². The fourth-order valence-electron chi connectivity index (χ4n) is 1.72. The molecule has 5 nitrogen and oxygen atoms in total. The first kappa shape index (κ1) is 11.2. The van der Waals surface area contributed by atoms with Gasteiger partial charge in [0.05, 0.1) is 0 Å². The molecule has 1 aromatic rings. The number of anilines is 2. The largest absolute Gasteiger partial charge is 0.382 e. The third-order valence-corrected chi connectivity index (χ3v) is 3.74. The third kappa shape index (κ3) is 1.97. The average Bonchev–Trinajstić information content (AvgIpc) is 2.84. The molecule has 1 aromatic heterocycles. The number of carbonyl (C=O) groups is 1. The molecule has 6 heteroatoms. The summed E-state index contributed by atoms with van der Waals surface area (Å²) >= 11 is 1.39. The molecule has 1 aliphatic heterocycles. The van der Waals surface area contributed by atoms with Crippen molar-refractivity contribution in [1.82, 2.24) is 9.88 Å². The maximum Gasteiger partial charge on any atom is 0.267 e. The van der Waals surface area contributed by atoms with E-state index >= 15 is 0 Å². The van der Waals surface area contributed by atoms with E-state index in [2.05, 4.69) is 9.88 Å². The molecule has 0 bridgehead atoms. The monoisotopic (exact) mass is 240 g/mol. The standard InChI is InChI=1S/C10H16N4OS/c1-13(2)9(15)7-8(11)12-10(16-7)14-5-3-4-6-14/h3-6,11H2,1-2H3. The number of nitrogens with zero attached hydrogens (tertiary/aromatic N) is 3. The van der Waals surface area contributed by atoms with Crippen LogP contribution < -0.4 is 10.6 Å². The summed E-state index contributed by atoms with van der Waals surface area (Å²) < 4.78 is 0. The summed E-state index contributed by atoms with van der Waals surface area (Å²) in [6, 6.07) is 0. The molecular weight excluding hydrogens is 224 g/mol. The van der Waals surface area contributed by atoms with Gasteiger partial charge in [0.1, 0.15) is 10.7 Å². The molecule has 1 amide bonds. The summed E-state index contributed by atoms with van der Waals surface area (Å²) in [6.45, 7) is 2.03. The molecule has 0 unspecified atom stereocenters. The number of nitrogens with two attached hydrogens (primary N) is 1. The normalized spacial score (nSPS) is 15.5. The van der Waals surface area contributed by atoms with Crippen molar-refractivity contribution < 1.29 is 4.79 Å². The van der Waals surface area contributed by atoms with Crippen molar-refractivity contribution in [2.45, 2.75) is 12.8 Å². The van der Waals surface area contributed by atoms with E-state index < -0.39 is 0 Å². The summed E-state index contributed by atoms with van der Waals surface area (Å²) in [5, 5.41) is 0.875. The van der Waals surface area contributed by atoms with Crippen LogP contribution >= 0.6 is 11.3 Å². The lowest BCUT2D eigenvalue weighted by Gasteiger charge is -2.12. The molecule has 1 saturated heterocycles. The predicted molar refractivity (Wildman–Crippen MR) is 66.0 cm³/mol. The maximum absolute atomic E-state index is 11.8. The van der Waals surface area contributed by atoms with E-state index in [9.17, 15) is 4.79 Å². The highest BCUT2D eigenvalue weighted by molar-refractivity contribution is 7.18. The minimum atomic E-state index is -0.0690. The fourth-order valence-corrected chi connectivity index (χ4v) is 2.78. The highest BCUT2D eigenvalue weighted by Crippen LogP contribution is 2.30. The van der Waals surface area contributed by atoms with Gasteiger partial charge in [-0.25, -0.2) is 4.98 Å².